The molecule has 0 spiro atoms. The van der Waals surface area contributed by atoms with Crippen LogP contribution in [-0.2, 0) is 68.5 Å². The predicted octanol–water partition coefficient (Wildman–Crippen LogP) is 2.56. The third kappa shape index (κ3) is 22.3. The molecule has 9 heterocycles. The first-order valence-electron chi connectivity index (χ1n) is 44.2. The van der Waals surface area contributed by atoms with Gasteiger partial charge in [-0.05, 0) is 132 Å². The third-order valence-corrected chi connectivity index (χ3v) is 24.9. The predicted molar refractivity (Wildman–Crippen MR) is 474 cm³/mol. The van der Waals surface area contributed by atoms with Gasteiger partial charge in [-0.3, -0.25) is 38.4 Å². The quantitative estimate of drug-likeness (QED) is 0.0387. The maximum absolute atomic E-state index is 17.1. The standard InChI is InChI=1S/C92H106Cl2N10O32/c1-4-6-8-9-10-12-22-96-35-61-74(113)78(117)72(99-64(112)13-11-7-5-2)91(132-61)136-82-59-30-44-31-60(82)130-56-21-17-42(28-51(56)94)81(135-90-71(97-38(3)107)77(116)75(114)62(36-105)133-90)73-88(125)103-70(89(126)127)49-33-46(109)34-58(131-92-80(119)79(118)76(115)63(37-106)134-92)65(49)48-27-41(16-18-53(48)110)67(85(122)104-73)101-87(124)69(44)102-86(123)68-43-25-45(108)32-47(26-43)128-57-29-40(15-19-54(57)111)66(95)84(121)98-52(83(120)100-68)24-39-14-20-55(129-59)50(93)23-39/h14-21,23,25-34,52,61-63,66-81,90-92,96,105-106,108-111,113-119H,4-13,22,24,35-37,95H2,1-3H3,(H,97,107)(H,98,121)(H,99,112)(H,100,120)(H,101,124)(H,102,123)(H,103,125)(H,104,122)(H,126,127)/t52-,61-,62-,63-,66-,67-,68+,69-,70+,71-,72-,73+,74-,75-,76-,77-,78-,79+,80+,81-,90+,91+,92+/m1/s1. The monoisotopic (exact) mass is 1930 g/mol. The smallest absolute Gasteiger partial charge is 0.330 e. The zero-order valence-electron chi connectivity index (χ0n) is 73.3. The molecule has 0 saturated carbocycles. The molecule has 136 heavy (non-hydrogen) atoms. The minimum Gasteiger partial charge on any atom is -0.508 e. The van der Waals surface area contributed by atoms with Crippen molar-refractivity contribution in [1.82, 2.24) is 47.9 Å². The normalized spacial score (nSPS) is 28.4. The van der Waals surface area contributed by atoms with Crippen molar-refractivity contribution < 1.29 is 157 Å². The number of aliphatic carboxylic acids is 1. The van der Waals surface area contributed by atoms with Gasteiger partial charge in [-0.15, -0.1) is 0 Å². The molecule has 8 amide bonds. The number of carboxylic acids is 1. The Hall–Kier alpha value is -12.0. The Balaban J connectivity index is 1.04. The number of aromatic hydroxyl groups is 4. The molecule has 42 nitrogen and oxygen atoms in total. The van der Waals surface area contributed by atoms with Gasteiger partial charge in [0.05, 0.1) is 23.3 Å². The molecule has 44 heteroatoms. The highest BCUT2D eigenvalue weighted by atomic mass is 35.5. The van der Waals surface area contributed by atoms with E-state index in [-0.39, 0.29) is 57.5 Å². The van der Waals surface area contributed by atoms with Gasteiger partial charge in [0.1, 0.15) is 156 Å². The number of aliphatic hydroxyl groups excluding tert-OH is 9. The number of ether oxygens (including phenoxy) is 9. The molecule has 3 fully saturated rings. The summed E-state index contributed by atoms with van der Waals surface area (Å²) in [5.74, 6) is -19.0. The lowest BCUT2D eigenvalue weighted by Crippen LogP contribution is -2.66. The van der Waals surface area contributed by atoms with Crippen molar-refractivity contribution in [3.8, 4) is 80.1 Å². The number of aliphatic hydroxyl groups is 9. The van der Waals surface area contributed by atoms with Gasteiger partial charge in [-0.25, -0.2) is 4.79 Å². The zero-order valence-corrected chi connectivity index (χ0v) is 74.8. The number of hydrogen-bond donors (Lipinski definition) is 24. The summed E-state index contributed by atoms with van der Waals surface area (Å²) >= 11 is 14.9. The van der Waals surface area contributed by atoms with Crippen molar-refractivity contribution in [3.05, 3.63) is 164 Å². The van der Waals surface area contributed by atoms with Crippen LogP contribution in [0, 0.1) is 0 Å². The van der Waals surface area contributed by atoms with Crippen LogP contribution in [0.3, 0.4) is 0 Å². The number of benzene rings is 7. The summed E-state index contributed by atoms with van der Waals surface area (Å²) in [6, 6.07) is 1.34. The number of carboxylic acid groups (broad SMARTS) is 1. The Morgan fingerprint density at radius 2 is 1.06 bits per heavy atom. The largest absolute Gasteiger partial charge is 0.508 e. The summed E-state index contributed by atoms with van der Waals surface area (Å²) in [5.41, 5.74) is 2.98. The van der Waals surface area contributed by atoms with Crippen LogP contribution in [-0.4, -0.2) is 255 Å². The van der Waals surface area contributed by atoms with Gasteiger partial charge in [0.15, 0.2) is 35.3 Å². The van der Waals surface area contributed by atoms with E-state index in [9.17, 15) is 90.7 Å². The molecule has 0 unspecified atom stereocenters. The number of carbonyl (C=O) groups is 9. The molecule has 3 saturated heterocycles. The molecule has 7 aromatic rings. The summed E-state index contributed by atoms with van der Waals surface area (Å²) in [6.45, 7) is 3.13. The molecular weight excluding hydrogens is 1830 g/mol. The summed E-state index contributed by atoms with van der Waals surface area (Å²) in [7, 11) is 0. The number of carbonyl (C=O) groups excluding carboxylic acids is 8. The van der Waals surface area contributed by atoms with E-state index in [1.807, 2.05) is 6.92 Å². The Bertz CT molecular complexity index is 5630. The molecule has 17 bridgehead atoms. The first-order chi connectivity index (χ1) is 65.0. The lowest BCUT2D eigenvalue weighted by atomic mass is 9.89. The number of halogens is 2. The van der Waals surface area contributed by atoms with E-state index in [1.165, 1.54) is 30.3 Å². The van der Waals surface area contributed by atoms with Crippen LogP contribution < -0.4 is 77.3 Å². The molecule has 730 valence electrons. The fraction of sp³-hybridized carbons (Fsp3) is 0.446. The zero-order chi connectivity index (χ0) is 97.5. The van der Waals surface area contributed by atoms with Crippen molar-refractivity contribution >= 4 is 76.4 Å². The fourth-order valence-corrected chi connectivity index (χ4v) is 17.6. The van der Waals surface area contributed by atoms with Gasteiger partial charge in [0.25, 0.3) is 0 Å². The van der Waals surface area contributed by atoms with Gasteiger partial charge in [0, 0.05) is 55.1 Å². The molecular formula is C92H106Cl2N10O32. The van der Waals surface area contributed by atoms with Crippen LogP contribution in [0.5, 0.6) is 69.0 Å². The third-order valence-electron chi connectivity index (χ3n) is 24.3. The molecule has 7 aromatic carbocycles. The van der Waals surface area contributed by atoms with E-state index in [0.29, 0.717) is 32.2 Å². The van der Waals surface area contributed by atoms with E-state index < -0.39 is 298 Å². The molecule has 0 radical (unpaired) electrons. The van der Waals surface area contributed by atoms with Crippen LogP contribution in [0.25, 0.3) is 11.1 Å². The highest BCUT2D eigenvalue weighted by Gasteiger charge is 2.52. The van der Waals surface area contributed by atoms with Crippen LogP contribution in [0.1, 0.15) is 160 Å². The second kappa shape index (κ2) is 43.5. The summed E-state index contributed by atoms with van der Waals surface area (Å²) in [4.78, 5) is 139. The number of amides is 8. The molecule has 9 aliphatic heterocycles. The minimum atomic E-state index is -2.58. The maximum Gasteiger partial charge on any atom is 0.330 e. The number of hydrogen-bond acceptors (Lipinski definition) is 33. The summed E-state index contributed by atoms with van der Waals surface area (Å²) in [5, 5.41) is 184. The molecule has 25 N–H and O–H groups in total. The highest BCUT2D eigenvalue weighted by Crippen LogP contribution is 2.51. The number of rotatable bonds is 24. The Kier molecular flexibility index (Phi) is 32.0. The number of fused-ring (bicyclic) bond motifs is 14. The lowest BCUT2D eigenvalue weighted by molar-refractivity contribution is -0.284. The number of nitrogens with one attached hydrogen (secondary N) is 9. The van der Waals surface area contributed by atoms with Gasteiger partial charge in [-0.1, -0.05) is 106 Å². The van der Waals surface area contributed by atoms with E-state index in [4.69, 9.17) is 71.6 Å². The van der Waals surface area contributed by atoms with E-state index in [2.05, 4.69) is 54.8 Å². The Morgan fingerprint density at radius 3 is 1.72 bits per heavy atom. The molecule has 0 aliphatic carbocycles. The van der Waals surface area contributed by atoms with Crippen molar-refractivity contribution in [2.75, 3.05) is 26.3 Å². The average molecular weight is 1930 g/mol. The summed E-state index contributed by atoms with van der Waals surface area (Å²) < 4.78 is 58.5. The van der Waals surface area contributed by atoms with Crippen molar-refractivity contribution in [3.63, 3.8) is 0 Å². The SMILES string of the molecule is CCCCCCCCNC[C@H]1O[C@@H](Oc2c3cc4cc2Oc2ccc(cc2Cl)[C@@H](O[C@@H]2O[C@H](CO)[C@@H](O)[C@H](O)[C@H]2NC(C)=O)[C@@H]2NC(=O)[C@H](NC(=O)[C@@H]4NC(=O)[C@H]4NC(=O)[C@@H](Cc5ccc(c(Cl)c5)O3)NC(=O)[C@H](N)c3ccc(O)c(c3)Oc3cc(O)cc4c3)c3ccc(O)c(c3)-c3c(O[C@H]4O[C@H](CO)[C@@H](O)[C@H](O)[C@@H]4O)cc(O)cc3[C@@H](C(=O)O)NC2=O)[C@H](NC(=O)CCCCC)[C@@H](O)[C@@H]1O. The van der Waals surface area contributed by atoms with Gasteiger partial charge >= 0.3 is 5.97 Å². The van der Waals surface area contributed by atoms with E-state index >= 15 is 24.0 Å². The minimum absolute atomic E-state index is 0.0374. The molecule has 9 aliphatic rings. The lowest BCUT2D eigenvalue weighted by Gasteiger charge is -2.44. The average Bonchev–Trinajstić information content (AvgIpc) is 0.750. The first-order valence-corrected chi connectivity index (χ1v) is 45.0. The van der Waals surface area contributed by atoms with E-state index in [0.717, 1.165) is 124 Å². The maximum atomic E-state index is 17.1. The molecule has 23 atom stereocenters. The Morgan fingerprint density at radius 1 is 0.493 bits per heavy atom. The van der Waals surface area contributed by atoms with Crippen LogP contribution in [0.4, 0.5) is 0 Å². The number of phenols is 4. The van der Waals surface area contributed by atoms with Crippen molar-refractivity contribution in [2.45, 2.75) is 232 Å². The topological polar surface area (TPSA) is 654 Å². The molecule has 0 aromatic heterocycles. The first kappa shape index (κ1) is 99.9. The van der Waals surface area contributed by atoms with Crippen molar-refractivity contribution in [2.24, 2.45) is 5.73 Å². The molecule has 16 rings (SSSR count). The Labute approximate surface area is 785 Å². The van der Waals surface area contributed by atoms with Gasteiger partial charge < -0.3 is 168 Å². The number of phenolic OH excluding ortho intramolecular Hbond substituents is 4. The fourth-order valence-electron chi connectivity index (χ4n) is 17.1. The number of nitrogens with two attached hydrogens (primary N) is 1. The van der Waals surface area contributed by atoms with Gasteiger partial charge in [0.2, 0.25) is 65.6 Å². The second-order valence-corrected chi connectivity index (χ2v) is 34.9. The highest BCUT2D eigenvalue weighted by molar-refractivity contribution is 6.32. The van der Waals surface area contributed by atoms with Crippen LogP contribution in [0.15, 0.2) is 115 Å². The van der Waals surface area contributed by atoms with Crippen molar-refractivity contribution in [1.29, 1.82) is 0 Å². The number of unbranched alkanes of at least 4 members (excludes halogenated alkanes) is 7. The second-order valence-electron chi connectivity index (χ2n) is 34.1. The van der Waals surface area contributed by atoms with Crippen LogP contribution in [0.2, 0.25) is 10.0 Å². The van der Waals surface area contributed by atoms with Crippen LogP contribution >= 0.6 is 23.2 Å². The van der Waals surface area contributed by atoms with Gasteiger partial charge in [-0.2, -0.15) is 0 Å². The van der Waals surface area contributed by atoms with E-state index in [1.54, 1.807) is 0 Å². The summed E-state index contributed by atoms with van der Waals surface area (Å²) in [6.07, 6.45) is -21.3.